The van der Waals surface area contributed by atoms with Gasteiger partial charge in [0.25, 0.3) is 0 Å². The van der Waals surface area contributed by atoms with Crippen molar-refractivity contribution in [2.24, 2.45) is 0 Å². The molecule has 0 heterocycles. The van der Waals surface area contributed by atoms with Gasteiger partial charge in [-0.05, 0) is 44.6 Å². The fraction of sp³-hybridized carbons (Fsp3) is 0.500. The number of rotatable bonds is 6. The Bertz CT molecular complexity index is 498. The van der Waals surface area contributed by atoms with Crippen molar-refractivity contribution >= 4 is 12.0 Å². The van der Waals surface area contributed by atoms with Crippen LogP contribution in [-0.4, -0.2) is 28.7 Å². The standard InChI is InChI=1S/C16H22N2O3/c1-16(10-5-11-16)18-15(21)17-13(14(19)20)9-8-12-6-3-2-4-7-12/h2-4,6-7,13H,5,8-11H2,1H3,(H,19,20)(H2,17,18,21). The van der Waals surface area contributed by atoms with Crippen LogP contribution in [0, 0.1) is 0 Å². The molecule has 0 spiro atoms. The smallest absolute Gasteiger partial charge is 0.326 e. The molecule has 2 amide bonds. The number of carboxylic acids is 1. The van der Waals surface area contributed by atoms with Gasteiger partial charge in [-0.15, -0.1) is 0 Å². The van der Waals surface area contributed by atoms with Crippen LogP contribution in [0.5, 0.6) is 0 Å². The number of aliphatic carboxylic acids is 1. The number of carbonyl (C=O) groups is 2. The van der Waals surface area contributed by atoms with E-state index >= 15 is 0 Å². The molecule has 2 rings (SSSR count). The Hall–Kier alpha value is -2.04. The Morgan fingerprint density at radius 3 is 2.48 bits per heavy atom. The summed E-state index contributed by atoms with van der Waals surface area (Å²) < 4.78 is 0. The van der Waals surface area contributed by atoms with Crippen molar-refractivity contribution in [3.8, 4) is 0 Å². The second kappa shape index (κ2) is 6.61. The van der Waals surface area contributed by atoms with E-state index in [2.05, 4.69) is 10.6 Å². The van der Waals surface area contributed by atoms with Crippen molar-refractivity contribution in [3.05, 3.63) is 35.9 Å². The summed E-state index contributed by atoms with van der Waals surface area (Å²) in [6.45, 7) is 1.98. The van der Waals surface area contributed by atoms with Gasteiger partial charge in [-0.25, -0.2) is 9.59 Å². The van der Waals surface area contributed by atoms with Gasteiger partial charge in [0.2, 0.25) is 0 Å². The lowest BCUT2D eigenvalue weighted by atomic mass is 9.79. The Labute approximate surface area is 124 Å². The maximum absolute atomic E-state index is 11.9. The summed E-state index contributed by atoms with van der Waals surface area (Å²) in [6.07, 6.45) is 4.00. The van der Waals surface area contributed by atoms with Crippen LogP contribution in [0.1, 0.15) is 38.2 Å². The molecule has 5 heteroatoms. The van der Waals surface area contributed by atoms with Gasteiger partial charge in [-0.1, -0.05) is 30.3 Å². The molecule has 1 saturated carbocycles. The Morgan fingerprint density at radius 1 is 1.29 bits per heavy atom. The predicted molar refractivity (Wildman–Crippen MR) is 80.1 cm³/mol. The summed E-state index contributed by atoms with van der Waals surface area (Å²) in [6, 6.07) is 8.41. The van der Waals surface area contributed by atoms with Gasteiger partial charge in [0.15, 0.2) is 0 Å². The van der Waals surface area contributed by atoms with Gasteiger partial charge >= 0.3 is 12.0 Å². The Kier molecular flexibility index (Phi) is 4.83. The molecule has 114 valence electrons. The van der Waals surface area contributed by atoms with Crippen LogP contribution in [0.4, 0.5) is 4.79 Å². The second-order valence-corrected chi connectivity index (χ2v) is 5.93. The number of carboxylic acid groups (broad SMARTS) is 1. The third kappa shape index (κ3) is 4.48. The molecule has 21 heavy (non-hydrogen) atoms. The summed E-state index contributed by atoms with van der Waals surface area (Å²) in [7, 11) is 0. The topological polar surface area (TPSA) is 78.4 Å². The fourth-order valence-corrected chi connectivity index (χ4v) is 2.51. The van der Waals surface area contributed by atoms with E-state index in [0.717, 1.165) is 24.8 Å². The lowest BCUT2D eigenvalue weighted by Gasteiger charge is -2.39. The van der Waals surface area contributed by atoms with Crippen LogP contribution in [0.15, 0.2) is 30.3 Å². The van der Waals surface area contributed by atoms with E-state index in [1.54, 1.807) is 0 Å². The highest BCUT2D eigenvalue weighted by Crippen LogP contribution is 2.30. The van der Waals surface area contributed by atoms with E-state index in [0.29, 0.717) is 12.8 Å². The predicted octanol–water partition coefficient (Wildman–Crippen LogP) is 2.31. The van der Waals surface area contributed by atoms with Crippen LogP contribution in [0.3, 0.4) is 0 Å². The zero-order valence-corrected chi connectivity index (χ0v) is 12.3. The zero-order valence-electron chi connectivity index (χ0n) is 12.3. The number of aryl methyl sites for hydroxylation is 1. The molecule has 0 aliphatic heterocycles. The van der Waals surface area contributed by atoms with Crippen molar-refractivity contribution in [1.82, 2.24) is 10.6 Å². The van der Waals surface area contributed by atoms with E-state index in [9.17, 15) is 14.7 Å². The van der Waals surface area contributed by atoms with Gasteiger partial charge in [-0.3, -0.25) is 0 Å². The van der Waals surface area contributed by atoms with Crippen LogP contribution >= 0.6 is 0 Å². The van der Waals surface area contributed by atoms with E-state index < -0.39 is 18.0 Å². The summed E-state index contributed by atoms with van der Waals surface area (Å²) in [4.78, 5) is 23.2. The number of amides is 2. The molecule has 3 N–H and O–H groups in total. The Balaban J connectivity index is 1.84. The molecule has 0 saturated heterocycles. The van der Waals surface area contributed by atoms with Crippen LogP contribution < -0.4 is 10.6 Å². The minimum absolute atomic E-state index is 0.174. The molecule has 1 aliphatic carbocycles. The molecular formula is C16H22N2O3. The third-order valence-electron chi connectivity index (χ3n) is 4.04. The first-order chi connectivity index (χ1) is 9.98. The van der Waals surface area contributed by atoms with E-state index in [-0.39, 0.29) is 5.54 Å². The first-order valence-electron chi connectivity index (χ1n) is 7.34. The number of benzene rings is 1. The van der Waals surface area contributed by atoms with Crippen molar-refractivity contribution in [2.75, 3.05) is 0 Å². The van der Waals surface area contributed by atoms with Crippen molar-refractivity contribution < 1.29 is 14.7 Å². The SMILES string of the molecule is CC1(NC(=O)NC(CCc2ccccc2)C(=O)O)CCC1. The molecule has 1 aromatic rings. The van der Waals surface area contributed by atoms with Gasteiger partial charge in [0.05, 0.1) is 0 Å². The molecule has 1 aromatic carbocycles. The monoisotopic (exact) mass is 290 g/mol. The van der Waals surface area contributed by atoms with Crippen LogP contribution in [0.2, 0.25) is 0 Å². The molecular weight excluding hydrogens is 268 g/mol. The van der Waals surface area contributed by atoms with Crippen LogP contribution in [0.25, 0.3) is 0 Å². The minimum atomic E-state index is -1.00. The zero-order chi connectivity index (χ0) is 15.3. The first kappa shape index (κ1) is 15.4. The average molecular weight is 290 g/mol. The summed E-state index contributed by atoms with van der Waals surface area (Å²) in [5.41, 5.74) is 0.893. The van der Waals surface area contributed by atoms with Crippen molar-refractivity contribution in [1.29, 1.82) is 0 Å². The molecule has 0 bridgehead atoms. The van der Waals surface area contributed by atoms with Gasteiger partial charge < -0.3 is 15.7 Å². The Morgan fingerprint density at radius 2 is 1.95 bits per heavy atom. The number of urea groups is 1. The fourth-order valence-electron chi connectivity index (χ4n) is 2.51. The van der Waals surface area contributed by atoms with E-state index in [4.69, 9.17) is 0 Å². The van der Waals surface area contributed by atoms with Crippen molar-refractivity contribution in [2.45, 2.75) is 50.6 Å². The highest BCUT2D eigenvalue weighted by Gasteiger charge is 2.34. The normalized spacial score (nSPS) is 17.4. The minimum Gasteiger partial charge on any atom is -0.480 e. The number of hydrogen-bond donors (Lipinski definition) is 3. The molecule has 0 radical (unpaired) electrons. The highest BCUT2D eigenvalue weighted by molar-refractivity contribution is 5.82. The quantitative estimate of drug-likeness (QED) is 0.752. The molecule has 1 fully saturated rings. The van der Waals surface area contributed by atoms with Gasteiger partial charge in [0.1, 0.15) is 6.04 Å². The molecule has 1 atom stereocenters. The number of hydrogen-bond acceptors (Lipinski definition) is 2. The maximum atomic E-state index is 11.9. The van der Waals surface area contributed by atoms with Gasteiger partial charge in [-0.2, -0.15) is 0 Å². The summed E-state index contributed by atoms with van der Waals surface area (Å²) in [5.74, 6) is -1.00. The largest absolute Gasteiger partial charge is 0.480 e. The lowest BCUT2D eigenvalue weighted by molar-refractivity contribution is -0.139. The third-order valence-corrected chi connectivity index (χ3v) is 4.04. The molecule has 1 unspecified atom stereocenters. The van der Waals surface area contributed by atoms with Crippen molar-refractivity contribution in [3.63, 3.8) is 0 Å². The number of nitrogens with one attached hydrogen (secondary N) is 2. The van der Waals surface area contributed by atoms with E-state index in [1.165, 1.54) is 0 Å². The first-order valence-corrected chi connectivity index (χ1v) is 7.34. The molecule has 5 nitrogen and oxygen atoms in total. The molecule has 1 aliphatic rings. The number of carbonyl (C=O) groups excluding carboxylic acids is 1. The molecule has 0 aromatic heterocycles. The summed E-state index contributed by atoms with van der Waals surface area (Å²) in [5, 5.41) is 14.7. The van der Waals surface area contributed by atoms with E-state index in [1.807, 2.05) is 37.3 Å². The highest BCUT2D eigenvalue weighted by atomic mass is 16.4. The average Bonchev–Trinajstić information content (AvgIpc) is 2.42. The van der Waals surface area contributed by atoms with Gasteiger partial charge in [0, 0.05) is 5.54 Å². The maximum Gasteiger partial charge on any atom is 0.326 e. The summed E-state index contributed by atoms with van der Waals surface area (Å²) >= 11 is 0. The van der Waals surface area contributed by atoms with Crippen LogP contribution in [-0.2, 0) is 11.2 Å². The lowest BCUT2D eigenvalue weighted by Crippen LogP contribution is -2.56. The second-order valence-electron chi connectivity index (χ2n) is 5.93.